The van der Waals surface area contributed by atoms with Crippen molar-refractivity contribution in [2.75, 3.05) is 12.4 Å². The van der Waals surface area contributed by atoms with Gasteiger partial charge in [0.2, 0.25) is 0 Å². The molecule has 0 fully saturated rings. The number of hydrogen-bond donors (Lipinski definition) is 3. The molecule has 37 heavy (non-hydrogen) atoms. The normalized spacial score (nSPS) is 11.4. The monoisotopic (exact) mass is 515 g/mol. The molecular formula is C25H23F2N3O7. The van der Waals surface area contributed by atoms with E-state index in [0.717, 1.165) is 12.7 Å². The van der Waals surface area contributed by atoms with Crippen LogP contribution in [-0.4, -0.2) is 41.2 Å². The van der Waals surface area contributed by atoms with Crippen molar-refractivity contribution in [3.05, 3.63) is 65.7 Å². The van der Waals surface area contributed by atoms with Crippen LogP contribution in [0.25, 0.3) is 11.1 Å². The lowest BCUT2D eigenvalue weighted by atomic mass is 10.0. The largest absolute Gasteiger partial charge is 0.479 e. The van der Waals surface area contributed by atoms with Crippen molar-refractivity contribution in [2.45, 2.75) is 26.0 Å². The number of nitrogens with two attached hydrogens (primary N) is 1. The van der Waals surface area contributed by atoms with Gasteiger partial charge in [0.1, 0.15) is 5.75 Å². The second kappa shape index (κ2) is 11.9. The number of aliphatic carboxylic acids is 1. The van der Waals surface area contributed by atoms with Crippen molar-refractivity contribution >= 4 is 23.5 Å². The molecule has 4 N–H and O–H groups in total. The minimum Gasteiger partial charge on any atom is -0.479 e. The highest BCUT2D eigenvalue weighted by molar-refractivity contribution is 6.37. The van der Waals surface area contributed by atoms with Crippen molar-refractivity contribution < 1.29 is 42.5 Å². The third-order valence-corrected chi connectivity index (χ3v) is 5.01. The zero-order chi connectivity index (χ0) is 27.1. The average molecular weight is 515 g/mol. The molecule has 0 unspecified atom stereocenters. The van der Waals surface area contributed by atoms with Gasteiger partial charge in [-0.2, -0.15) is 4.98 Å². The number of halogens is 2. The number of rotatable bonds is 9. The van der Waals surface area contributed by atoms with Crippen LogP contribution in [0, 0.1) is 11.6 Å². The fourth-order valence-electron chi connectivity index (χ4n) is 3.19. The van der Waals surface area contributed by atoms with Crippen LogP contribution in [0.3, 0.4) is 0 Å². The molecule has 1 atom stereocenters. The second-order valence-electron chi connectivity index (χ2n) is 7.61. The van der Waals surface area contributed by atoms with E-state index >= 15 is 0 Å². The van der Waals surface area contributed by atoms with Crippen LogP contribution in [0.5, 0.6) is 17.5 Å². The maximum atomic E-state index is 14.5. The van der Waals surface area contributed by atoms with E-state index in [1.165, 1.54) is 25.1 Å². The summed E-state index contributed by atoms with van der Waals surface area (Å²) in [6.45, 7) is 1.77. The summed E-state index contributed by atoms with van der Waals surface area (Å²) in [6.07, 6.45) is -1.42. The Morgan fingerprint density at radius 2 is 1.78 bits per heavy atom. The molecule has 0 aliphatic carbocycles. The van der Waals surface area contributed by atoms with E-state index in [4.69, 9.17) is 20.3 Å². The summed E-state index contributed by atoms with van der Waals surface area (Å²) < 4.78 is 43.8. The fraction of sp³-hybridized carbons (Fsp3) is 0.200. The number of carboxylic acid groups (broad SMARTS) is 1. The van der Waals surface area contributed by atoms with Crippen LogP contribution in [0.15, 0.2) is 48.5 Å². The molecule has 0 saturated carbocycles. The maximum absolute atomic E-state index is 14.5. The Bertz CT molecular complexity index is 1330. The van der Waals surface area contributed by atoms with E-state index in [1.54, 1.807) is 18.2 Å². The molecule has 0 radical (unpaired) electrons. The predicted molar refractivity (Wildman–Crippen MR) is 127 cm³/mol. The topological polar surface area (TPSA) is 150 Å². The molecule has 3 rings (SSSR count). The van der Waals surface area contributed by atoms with Crippen molar-refractivity contribution in [3.8, 4) is 28.6 Å². The molecule has 3 aromatic rings. The number of carboxylic acids is 1. The van der Waals surface area contributed by atoms with Crippen LogP contribution >= 0.6 is 0 Å². The Balaban J connectivity index is 2.04. The van der Waals surface area contributed by atoms with E-state index in [-0.39, 0.29) is 24.4 Å². The number of nitrogens with zero attached hydrogens (tertiary/aromatic N) is 1. The van der Waals surface area contributed by atoms with Gasteiger partial charge in [-0.3, -0.25) is 4.79 Å². The Labute approximate surface area is 210 Å². The van der Waals surface area contributed by atoms with E-state index in [0.29, 0.717) is 17.2 Å². The molecule has 1 amide bonds. The highest BCUT2D eigenvalue weighted by Crippen LogP contribution is 2.33. The van der Waals surface area contributed by atoms with Gasteiger partial charge in [-0.15, -0.1) is 0 Å². The molecular weight excluding hydrogens is 492 g/mol. The minimum absolute atomic E-state index is 0.00280. The van der Waals surface area contributed by atoms with Crippen LogP contribution in [0.4, 0.5) is 14.5 Å². The van der Waals surface area contributed by atoms with Crippen molar-refractivity contribution in [1.29, 1.82) is 0 Å². The lowest BCUT2D eigenvalue weighted by molar-refractivity contribution is -0.150. The molecule has 0 aliphatic rings. The number of ether oxygens (including phenoxy) is 3. The Kier molecular flexibility index (Phi) is 8.69. The smallest absolute Gasteiger partial charge is 0.396 e. The van der Waals surface area contributed by atoms with Crippen molar-refractivity contribution in [3.63, 3.8) is 0 Å². The molecule has 1 aromatic heterocycles. The van der Waals surface area contributed by atoms with Crippen LogP contribution in [0.2, 0.25) is 0 Å². The van der Waals surface area contributed by atoms with Gasteiger partial charge in [0, 0.05) is 24.4 Å². The van der Waals surface area contributed by atoms with Gasteiger partial charge < -0.3 is 30.4 Å². The van der Waals surface area contributed by atoms with E-state index < -0.39 is 47.3 Å². The summed E-state index contributed by atoms with van der Waals surface area (Å²) in [5, 5.41) is 11.5. The number of amides is 1. The highest BCUT2D eigenvalue weighted by atomic mass is 19.1. The second-order valence-corrected chi connectivity index (χ2v) is 7.61. The summed E-state index contributed by atoms with van der Waals surface area (Å²) in [5.41, 5.74) is 7.77. The molecule has 0 aliphatic heterocycles. The Morgan fingerprint density at radius 3 is 2.43 bits per heavy atom. The first-order chi connectivity index (χ1) is 17.6. The molecule has 0 spiro atoms. The summed E-state index contributed by atoms with van der Waals surface area (Å²) in [6, 6.07) is 11.8. The van der Waals surface area contributed by atoms with Gasteiger partial charge in [-0.05, 0) is 41.3 Å². The zero-order valence-electron chi connectivity index (χ0n) is 19.8. The quantitative estimate of drug-likeness (QED) is 0.287. The number of carbonyl (C=O) groups excluding carboxylic acids is 2. The first-order valence-corrected chi connectivity index (χ1v) is 10.9. The number of methoxy groups -OCH3 is 1. The average Bonchev–Trinajstić information content (AvgIpc) is 2.88. The third kappa shape index (κ3) is 6.76. The first kappa shape index (κ1) is 27.0. The number of hydrogen-bond acceptors (Lipinski definition) is 8. The molecule has 2 aromatic carbocycles. The third-order valence-electron chi connectivity index (χ3n) is 5.01. The van der Waals surface area contributed by atoms with Gasteiger partial charge in [0.15, 0.2) is 17.7 Å². The van der Waals surface area contributed by atoms with Crippen molar-refractivity contribution in [2.24, 2.45) is 5.73 Å². The number of anilines is 1. The molecule has 194 valence electrons. The number of esters is 1. The van der Waals surface area contributed by atoms with Gasteiger partial charge >= 0.3 is 17.8 Å². The standard InChI is InChI=1S/C25H23F2N3O7/c1-3-20(24(32)33)37-23-19(27)11-18(26)22(30-23)36-17-9-15(14-6-4-5-13(7-14)12-28)8-16(10-17)29-21(31)25(34)35-2/h4-11,20H,3,12,28H2,1-2H3,(H,29,31)(H,32,33)/t20-/m1/s1. The summed E-state index contributed by atoms with van der Waals surface area (Å²) in [5.74, 6) is -7.51. The zero-order valence-corrected chi connectivity index (χ0v) is 19.8. The number of carbonyl (C=O) groups is 3. The molecule has 12 heteroatoms. The van der Waals surface area contributed by atoms with Crippen LogP contribution < -0.4 is 20.5 Å². The summed E-state index contributed by atoms with van der Waals surface area (Å²) in [7, 11) is 1.04. The SMILES string of the molecule is CC[C@@H](Oc1nc(Oc2cc(NC(=O)C(=O)OC)cc(-c3cccc(CN)c3)c2)c(F)cc1F)C(=O)O. The fourth-order valence-corrected chi connectivity index (χ4v) is 3.19. The number of pyridine rings is 1. The molecule has 1 heterocycles. The van der Waals surface area contributed by atoms with E-state index in [9.17, 15) is 23.2 Å². The Morgan fingerprint density at radius 1 is 1.05 bits per heavy atom. The molecule has 0 saturated heterocycles. The lowest BCUT2D eigenvalue weighted by Gasteiger charge is -2.15. The van der Waals surface area contributed by atoms with Crippen LogP contribution in [-0.2, 0) is 25.7 Å². The van der Waals surface area contributed by atoms with Gasteiger partial charge in [-0.1, -0.05) is 25.1 Å². The first-order valence-electron chi connectivity index (χ1n) is 10.9. The highest BCUT2D eigenvalue weighted by Gasteiger charge is 2.23. The van der Waals surface area contributed by atoms with Gasteiger partial charge in [0.05, 0.1) is 7.11 Å². The minimum atomic E-state index is -1.42. The van der Waals surface area contributed by atoms with Crippen molar-refractivity contribution in [1.82, 2.24) is 4.98 Å². The maximum Gasteiger partial charge on any atom is 0.396 e. The Hall–Kier alpha value is -4.58. The molecule has 0 bridgehead atoms. The van der Waals surface area contributed by atoms with Crippen LogP contribution in [0.1, 0.15) is 18.9 Å². The lowest BCUT2D eigenvalue weighted by Crippen LogP contribution is -2.26. The predicted octanol–water partition coefficient (Wildman–Crippen LogP) is 3.63. The summed E-state index contributed by atoms with van der Waals surface area (Å²) in [4.78, 5) is 38.5. The number of aromatic nitrogens is 1. The molecule has 10 nitrogen and oxygen atoms in total. The van der Waals surface area contributed by atoms with Gasteiger partial charge in [0.25, 0.3) is 11.8 Å². The number of nitrogens with one attached hydrogen (secondary N) is 1. The van der Waals surface area contributed by atoms with Gasteiger partial charge in [-0.25, -0.2) is 18.4 Å². The number of benzene rings is 2. The van der Waals surface area contributed by atoms with E-state index in [2.05, 4.69) is 15.0 Å². The summed E-state index contributed by atoms with van der Waals surface area (Å²) >= 11 is 0. The van der Waals surface area contributed by atoms with E-state index in [1.807, 2.05) is 6.07 Å².